The quantitative estimate of drug-likeness (QED) is 0.428. The predicted molar refractivity (Wildman–Crippen MR) is 18.6 cm³/mol. The van der Waals surface area contributed by atoms with Gasteiger partial charge >= 0.3 is 32.9 Å². The molecule has 0 atom stereocenters. The fourth-order valence-corrected chi connectivity index (χ4v) is 0. The SMILES string of the molecule is C=[C]=[Ge]([F])[F]. The first-order valence-electron chi connectivity index (χ1n) is 0.982. The van der Waals surface area contributed by atoms with Crippen molar-refractivity contribution < 1.29 is 7.00 Å². The Bertz CT molecular complexity index is 67.7. The summed E-state index contributed by atoms with van der Waals surface area (Å²) in [6, 6.07) is 0. The summed E-state index contributed by atoms with van der Waals surface area (Å²) in [5, 5.41) is 0. The maximum absolute atomic E-state index is 10.8. The molecule has 0 N–H and O–H groups in total. The normalized spacial score (nSPS) is 6.00. The van der Waals surface area contributed by atoms with Crippen LogP contribution < -0.4 is 0 Å². The molecule has 3 heteroatoms. The van der Waals surface area contributed by atoms with Crippen molar-refractivity contribution in [2.24, 2.45) is 0 Å². The second-order valence-electron chi connectivity index (χ2n) is 0.437. The molecule has 0 unspecified atom stereocenters. The van der Waals surface area contributed by atoms with Crippen molar-refractivity contribution in [3.05, 3.63) is 6.58 Å². The molecule has 0 saturated heterocycles. The van der Waals surface area contributed by atoms with Crippen LogP contribution in [0.5, 0.6) is 0 Å². The fraction of sp³-hybridized carbons (Fsp3) is 0. The molecule has 0 bridgehead atoms. The molecule has 0 aromatic heterocycles. The molecule has 0 aliphatic carbocycles. The molecule has 5 heavy (non-hydrogen) atoms. The van der Waals surface area contributed by atoms with Gasteiger partial charge in [0.05, 0.1) is 0 Å². The number of hydrogen-bond acceptors (Lipinski definition) is 0. The van der Waals surface area contributed by atoms with Gasteiger partial charge in [0.2, 0.25) is 0 Å². The maximum atomic E-state index is 10.8. The van der Waals surface area contributed by atoms with Crippen LogP contribution in [0.4, 0.5) is 7.00 Å². The van der Waals surface area contributed by atoms with E-state index >= 15 is 0 Å². The van der Waals surface area contributed by atoms with Gasteiger partial charge in [0, 0.05) is 0 Å². The van der Waals surface area contributed by atoms with Crippen LogP contribution in [-0.4, -0.2) is 19.3 Å². The average Bonchev–Trinajstić information content (AvgIpc) is 1.38. The Morgan fingerprint density at radius 2 is 1.80 bits per heavy atom. The van der Waals surface area contributed by atoms with E-state index in [0.29, 0.717) is 0 Å². The van der Waals surface area contributed by atoms with Crippen molar-refractivity contribution in [2.75, 3.05) is 0 Å². The molecular weight excluding hydrogens is 135 g/mol. The molecule has 0 aromatic carbocycles. The summed E-state index contributed by atoms with van der Waals surface area (Å²) in [7, 11) is 0. The van der Waals surface area contributed by atoms with Gasteiger partial charge in [-0.2, -0.15) is 0 Å². The van der Waals surface area contributed by atoms with Crippen molar-refractivity contribution in [3.63, 3.8) is 0 Å². The summed E-state index contributed by atoms with van der Waals surface area (Å²) in [4.78, 5) is 0. The van der Waals surface area contributed by atoms with Crippen molar-refractivity contribution in [1.29, 1.82) is 0 Å². The summed E-state index contributed by atoms with van der Waals surface area (Å²) in [5.41, 5.74) is 0. The van der Waals surface area contributed by atoms with E-state index in [-0.39, 0.29) is 0 Å². The topological polar surface area (TPSA) is 0 Å². The summed E-state index contributed by atoms with van der Waals surface area (Å²) in [6.07, 6.45) is 0. The Morgan fingerprint density at radius 3 is 1.80 bits per heavy atom. The average molecular weight is 137 g/mol. The summed E-state index contributed by atoms with van der Waals surface area (Å²) < 4.78 is 23.1. The van der Waals surface area contributed by atoms with Crippen molar-refractivity contribution in [3.8, 4) is 0 Å². The van der Waals surface area contributed by atoms with Crippen molar-refractivity contribution >= 4 is 19.3 Å². The summed E-state index contributed by atoms with van der Waals surface area (Å²) in [6.45, 7) is 2.76. The van der Waals surface area contributed by atoms with E-state index in [0.717, 1.165) is 0 Å². The summed E-state index contributed by atoms with van der Waals surface area (Å²) in [5.74, 6) is 0. The van der Waals surface area contributed by atoms with Gasteiger partial charge in [0.1, 0.15) is 0 Å². The predicted octanol–water partition coefficient (Wildman–Crippen LogP) is 0.582. The molecule has 0 heterocycles. The molecule has 0 saturated carbocycles. The zero-order valence-corrected chi connectivity index (χ0v) is 4.56. The van der Waals surface area contributed by atoms with E-state index in [1.165, 1.54) is 0 Å². The van der Waals surface area contributed by atoms with E-state index in [2.05, 4.69) is 6.58 Å². The molecular formula is C2H2F2Ge. The standard InChI is InChI=1S/C2H2F2Ge/c1-2-5(3)4/h1H2. The molecule has 0 amide bonds. The monoisotopic (exact) mass is 138 g/mol. The van der Waals surface area contributed by atoms with E-state index in [1.54, 1.807) is 4.51 Å². The third kappa shape index (κ3) is 4.05. The molecule has 28 valence electrons. The fourth-order valence-electron chi connectivity index (χ4n) is 0. The minimum atomic E-state index is -3.72. The third-order valence-corrected chi connectivity index (χ3v) is 0.694. The van der Waals surface area contributed by atoms with Crippen LogP contribution in [0.1, 0.15) is 0 Å². The van der Waals surface area contributed by atoms with Crippen LogP contribution in [-0.2, 0) is 0 Å². The zero-order chi connectivity index (χ0) is 4.28. The van der Waals surface area contributed by atoms with Crippen LogP contribution in [0.15, 0.2) is 6.58 Å². The van der Waals surface area contributed by atoms with Crippen LogP contribution in [0, 0.1) is 0 Å². The first kappa shape index (κ1) is 5.05. The Morgan fingerprint density at radius 1 is 1.60 bits per heavy atom. The third-order valence-electron chi connectivity index (χ3n) is 0.134. The number of rotatable bonds is 0. The second-order valence-corrected chi connectivity index (χ2v) is 2.27. The number of halogens is 2. The van der Waals surface area contributed by atoms with E-state index in [1.807, 2.05) is 0 Å². The molecule has 0 radical (unpaired) electrons. The Kier molecular flexibility index (Phi) is 2.32. The second kappa shape index (κ2) is 2.30. The van der Waals surface area contributed by atoms with Gasteiger partial charge in [-0.3, -0.25) is 0 Å². The van der Waals surface area contributed by atoms with Crippen molar-refractivity contribution in [2.45, 2.75) is 0 Å². The van der Waals surface area contributed by atoms with Gasteiger partial charge < -0.3 is 0 Å². The number of hydrogen-bond donors (Lipinski definition) is 0. The zero-order valence-electron chi connectivity index (χ0n) is 2.46. The van der Waals surface area contributed by atoms with Gasteiger partial charge in [-0.25, -0.2) is 0 Å². The van der Waals surface area contributed by atoms with E-state index < -0.39 is 14.8 Å². The molecule has 0 fully saturated rings. The Hall–Kier alpha value is 0.0529. The van der Waals surface area contributed by atoms with Gasteiger partial charge in [-0.1, -0.05) is 0 Å². The molecule has 0 rings (SSSR count). The molecule has 0 aromatic rings. The van der Waals surface area contributed by atoms with Crippen molar-refractivity contribution in [1.82, 2.24) is 0 Å². The molecule has 0 aliphatic heterocycles. The van der Waals surface area contributed by atoms with Crippen LogP contribution in [0.3, 0.4) is 0 Å². The van der Waals surface area contributed by atoms with Gasteiger partial charge in [-0.15, -0.1) is 0 Å². The molecule has 0 aliphatic rings. The van der Waals surface area contributed by atoms with Gasteiger partial charge in [-0.05, 0) is 0 Å². The van der Waals surface area contributed by atoms with Gasteiger partial charge in [0.15, 0.2) is 0 Å². The molecule has 0 spiro atoms. The first-order chi connectivity index (χ1) is 2.27. The van der Waals surface area contributed by atoms with E-state index in [4.69, 9.17) is 0 Å². The van der Waals surface area contributed by atoms with Crippen LogP contribution in [0.2, 0.25) is 0 Å². The van der Waals surface area contributed by atoms with Crippen LogP contribution in [0.25, 0.3) is 0 Å². The molecule has 0 nitrogen and oxygen atoms in total. The summed E-state index contributed by atoms with van der Waals surface area (Å²) >= 11 is -3.72. The minimum absolute atomic E-state index is 1.61. The van der Waals surface area contributed by atoms with Crippen LogP contribution >= 0.6 is 0 Å². The van der Waals surface area contributed by atoms with Gasteiger partial charge in [0.25, 0.3) is 0 Å². The van der Waals surface area contributed by atoms with E-state index in [9.17, 15) is 7.00 Å². The Balaban J connectivity index is 3.60. The first-order valence-corrected chi connectivity index (χ1v) is 3.62. The Labute approximate surface area is 33.7 Å².